The summed E-state index contributed by atoms with van der Waals surface area (Å²) >= 11 is 0. The molecule has 0 aliphatic carbocycles. The summed E-state index contributed by atoms with van der Waals surface area (Å²) in [6, 6.07) is 1.86. The summed E-state index contributed by atoms with van der Waals surface area (Å²) < 4.78 is 0. The number of anilines is 1. The molecule has 15 heavy (non-hydrogen) atoms. The first kappa shape index (κ1) is 11.4. The van der Waals surface area contributed by atoms with E-state index in [1.807, 2.05) is 13.8 Å². The first-order chi connectivity index (χ1) is 7.08. The molecule has 5 heteroatoms. The molecule has 0 amide bonds. The Morgan fingerprint density at radius 2 is 2.40 bits per heavy atom. The lowest BCUT2D eigenvalue weighted by Gasteiger charge is -2.13. The van der Waals surface area contributed by atoms with Crippen LogP contribution in [0.1, 0.15) is 25.6 Å². The molecule has 5 nitrogen and oxygen atoms in total. The second-order valence-electron chi connectivity index (χ2n) is 3.47. The van der Waals surface area contributed by atoms with Crippen molar-refractivity contribution >= 4 is 11.8 Å². The van der Waals surface area contributed by atoms with Gasteiger partial charge in [-0.3, -0.25) is 4.79 Å². The molecule has 0 aromatic carbocycles. The third kappa shape index (κ3) is 4.39. The number of rotatable bonds is 5. The zero-order chi connectivity index (χ0) is 11.3. The van der Waals surface area contributed by atoms with E-state index in [1.165, 1.54) is 0 Å². The standard InChI is InChI=1S/C10H15N3O2/c1-7(3-4-10(14)15)12-9-5-6-11-8(2)13-9/h5-7H,3-4H2,1-2H3,(H,14,15)(H,11,12,13). The zero-order valence-corrected chi connectivity index (χ0v) is 8.90. The lowest BCUT2D eigenvalue weighted by atomic mass is 10.2. The van der Waals surface area contributed by atoms with Crippen molar-refractivity contribution in [1.82, 2.24) is 9.97 Å². The Balaban J connectivity index is 2.44. The van der Waals surface area contributed by atoms with Crippen LogP contribution in [0.4, 0.5) is 5.82 Å². The molecule has 1 atom stereocenters. The molecule has 1 rings (SSSR count). The average molecular weight is 209 g/mol. The fraction of sp³-hybridized carbons (Fsp3) is 0.500. The Kier molecular flexibility index (Phi) is 4.03. The Morgan fingerprint density at radius 3 is 3.00 bits per heavy atom. The van der Waals surface area contributed by atoms with Crippen molar-refractivity contribution in [2.45, 2.75) is 32.7 Å². The summed E-state index contributed by atoms with van der Waals surface area (Å²) in [6.07, 6.45) is 2.42. The van der Waals surface area contributed by atoms with Gasteiger partial charge in [0.15, 0.2) is 0 Å². The van der Waals surface area contributed by atoms with E-state index in [1.54, 1.807) is 12.3 Å². The van der Waals surface area contributed by atoms with Crippen LogP contribution in [0.3, 0.4) is 0 Å². The summed E-state index contributed by atoms with van der Waals surface area (Å²) in [5.41, 5.74) is 0. The Bertz CT molecular complexity index is 341. The number of aromatic nitrogens is 2. The van der Waals surface area contributed by atoms with Gasteiger partial charge in [0.25, 0.3) is 0 Å². The van der Waals surface area contributed by atoms with E-state index in [2.05, 4.69) is 15.3 Å². The molecule has 0 fully saturated rings. The van der Waals surface area contributed by atoms with Gasteiger partial charge in [-0.05, 0) is 26.3 Å². The van der Waals surface area contributed by atoms with Crippen LogP contribution in [0.5, 0.6) is 0 Å². The van der Waals surface area contributed by atoms with Gasteiger partial charge in [-0.25, -0.2) is 9.97 Å². The first-order valence-electron chi connectivity index (χ1n) is 4.86. The molecule has 2 N–H and O–H groups in total. The van der Waals surface area contributed by atoms with E-state index in [4.69, 9.17) is 5.11 Å². The van der Waals surface area contributed by atoms with Gasteiger partial charge < -0.3 is 10.4 Å². The van der Waals surface area contributed by atoms with Gasteiger partial charge in [0, 0.05) is 18.7 Å². The third-order valence-electron chi connectivity index (χ3n) is 1.96. The van der Waals surface area contributed by atoms with Gasteiger partial charge in [-0.1, -0.05) is 0 Å². The number of hydrogen-bond donors (Lipinski definition) is 2. The van der Waals surface area contributed by atoms with Crippen molar-refractivity contribution in [1.29, 1.82) is 0 Å². The lowest BCUT2D eigenvalue weighted by molar-refractivity contribution is -0.137. The van der Waals surface area contributed by atoms with Gasteiger partial charge in [0.05, 0.1) is 0 Å². The van der Waals surface area contributed by atoms with Crippen molar-refractivity contribution in [3.05, 3.63) is 18.1 Å². The van der Waals surface area contributed by atoms with Crippen LogP contribution in [0.25, 0.3) is 0 Å². The molecule has 0 aliphatic rings. The minimum absolute atomic E-state index is 0.0930. The minimum atomic E-state index is -0.775. The number of carbonyl (C=O) groups is 1. The van der Waals surface area contributed by atoms with E-state index >= 15 is 0 Å². The van der Waals surface area contributed by atoms with Gasteiger partial charge in [-0.15, -0.1) is 0 Å². The molecule has 0 saturated carbocycles. The van der Waals surface area contributed by atoms with Crippen LogP contribution in [0.2, 0.25) is 0 Å². The smallest absolute Gasteiger partial charge is 0.303 e. The molecular formula is C10H15N3O2. The summed E-state index contributed by atoms with van der Waals surface area (Å²) in [6.45, 7) is 3.74. The molecule has 0 radical (unpaired) electrons. The number of aryl methyl sites for hydroxylation is 1. The maximum atomic E-state index is 10.4. The van der Waals surface area contributed by atoms with Crippen LogP contribution in [0, 0.1) is 6.92 Å². The minimum Gasteiger partial charge on any atom is -0.481 e. The number of aliphatic carboxylic acids is 1. The molecule has 1 heterocycles. The van der Waals surface area contributed by atoms with Crippen LogP contribution >= 0.6 is 0 Å². The second kappa shape index (κ2) is 5.29. The van der Waals surface area contributed by atoms with Crippen LogP contribution < -0.4 is 5.32 Å². The monoisotopic (exact) mass is 209 g/mol. The lowest BCUT2D eigenvalue weighted by Crippen LogP contribution is -2.17. The SMILES string of the molecule is Cc1nccc(NC(C)CCC(=O)O)n1. The van der Waals surface area contributed by atoms with Gasteiger partial charge in [-0.2, -0.15) is 0 Å². The number of nitrogens with one attached hydrogen (secondary N) is 1. The highest BCUT2D eigenvalue weighted by Gasteiger charge is 2.05. The van der Waals surface area contributed by atoms with Crippen molar-refractivity contribution in [2.75, 3.05) is 5.32 Å². The highest BCUT2D eigenvalue weighted by atomic mass is 16.4. The Morgan fingerprint density at radius 1 is 1.67 bits per heavy atom. The zero-order valence-electron chi connectivity index (χ0n) is 8.90. The maximum Gasteiger partial charge on any atom is 0.303 e. The van der Waals surface area contributed by atoms with Crippen molar-refractivity contribution < 1.29 is 9.90 Å². The molecule has 1 unspecified atom stereocenters. The number of hydrogen-bond acceptors (Lipinski definition) is 4. The van der Waals surface area contributed by atoms with Crippen molar-refractivity contribution in [3.8, 4) is 0 Å². The molecule has 0 aliphatic heterocycles. The third-order valence-corrected chi connectivity index (χ3v) is 1.96. The summed E-state index contributed by atoms with van der Waals surface area (Å²) in [5.74, 6) is 0.661. The fourth-order valence-electron chi connectivity index (χ4n) is 1.20. The molecule has 82 valence electrons. The number of carboxylic acids is 1. The van der Waals surface area contributed by atoms with Crippen LogP contribution in [-0.2, 0) is 4.79 Å². The first-order valence-corrected chi connectivity index (χ1v) is 4.86. The predicted molar refractivity (Wildman–Crippen MR) is 56.7 cm³/mol. The highest BCUT2D eigenvalue weighted by molar-refractivity contribution is 5.66. The fourth-order valence-corrected chi connectivity index (χ4v) is 1.20. The summed E-state index contributed by atoms with van der Waals surface area (Å²) in [7, 11) is 0. The Labute approximate surface area is 88.6 Å². The molecule has 0 bridgehead atoms. The van der Waals surface area contributed by atoms with Crippen molar-refractivity contribution in [2.24, 2.45) is 0 Å². The molecule has 0 saturated heterocycles. The van der Waals surface area contributed by atoms with Crippen LogP contribution in [0.15, 0.2) is 12.3 Å². The highest BCUT2D eigenvalue weighted by Crippen LogP contribution is 2.06. The predicted octanol–water partition coefficient (Wildman–Crippen LogP) is 1.45. The quantitative estimate of drug-likeness (QED) is 0.767. The maximum absolute atomic E-state index is 10.4. The Hall–Kier alpha value is -1.65. The van der Waals surface area contributed by atoms with Gasteiger partial charge in [0.1, 0.15) is 11.6 Å². The molecule has 0 spiro atoms. The largest absolute Gasteiger partial charge is 0.481 e. The van der Waals surface area contributed by atoms with Gasteiger partial charge >= 0.3 is 5.97 Å². The number of carboxylic acid groups (broad SMARTS) is 1. The summed E-state index contributed by atoms with van der Waals surface area (Å²) in [4.78, 5) is 18.5. The normalized spacial score (nSPS) is 12.1. The second-order valence-corrected chi connectivity index (χ2v) is 3.47. The summed E-state index contributed by atoms with van der Waals surface area (Å²) in [5, 5.41) is 11.6. The topological polar surface area (TPSA) is 75.1 Å². The van der Waals surface area contributed by atoms with Crippen LogP contribution in [-0.4, -0.2) is 27.1 Å². The van der Waals surface area contributed by atoms with E-state index in [0.29, 0.717) is 12.2 Å². The van der Waals surface area contributed by atoms with E-state index in [-0.39, 0.29) is 12.5 Å². The van der Waals surface area contributed by atoms with Crippen molar-refractivity contribution in [3.63, 3.8) is 0 Å². The molecule has 1 aromatic rings. The van der Waals surface area contributed by atoms with E-state index in [0.717, 1.165) is 5.82 Å². The molecule has 1 aromatic heterocycles. The average Bonchev–Trinajstić information content (AvgIpc) is 2.15. The van der Waals surface area contributed by atoms with Gasteiger partial charge in [0.2, 0.25) is 0 Å². The van der Waals surface area contributed by atoms with E-state index in [9.17, 15) is 4.79 Å². The number of nitrogens with zero attached hydrogens (tertiary/aromatic N) is 2. The van der Waals surface area contributed by atoms with E-state index < -0.39 is 5.97 Å². The molecular weight excluding hydrogens is 194 g/mol.